The van der Waals surface area contributed by atoms with E-state index < -0.39 is 0 Å². The van der Waals surface area contributed by atoms with Gasteiger partial charge in [-0.05, 0) is 60.9 Å². The van der Waals surface area contributed by atoms with Gasteiger partial charge in [-0.3, -0.25) is 0 Å². The summed E-state index contributed by atoms with van der Waals surface area (Å²) in [7, 11) is 0. The van der Waals surface area contributed by atoms with Crippen LogP contribution in [-0.2, 0) is 11.8 Å². The molecule has 3 nitrogen and oxygen atoms in total. The summed E-state index contributed by atoms with van der Waals surface area (Å²) in [6.07, 6.45) is 5.92. The highest BCUT2D eigenvalue weighted by Gasteiger charge is 2.42. The van der Waals surface area contributed by atoms with Gasteiger partial charge in [-0.25, -0.2) is 4.98 Å². The van der Waals surface area contributed by atoms with Crippen LogP contribution in [-0.4, -0.2) is 9.97 Å². The van der Waals surface area contributed by atoms with Crippen molar-refractivity contribution in [3.63, 3.8) is 0 Å². The maximum atomic E-state index is 9.12. The number of aromatic amines is 1. The predicted octanol–water partition coefficient (Wildman–Crippen LogP) is 4.95. The average molecular weight is 327 g/mol. The maximum absolute atomic E-state index is 9.12. The van der Waals surface area contributed by atoms with E-state index in [9.17, 15) is 0 Å². The van der Waals surface area contributed by atoms with Gasteiger partial charge in [0.15, 0.2) is 0 Å². The van der Waals surface area contributed by atoms with Gasteiger partial charge in [0.2, 0.25) is 0 Å². The smallest absolute Gasteiger partial charge is 0.140 e. The van der Waals surface area contributed by atoms with Crippen LogP contribution in [0.15, 0.2) is 36.4 Å². The number of hydrogen-bond donors (Lipinski definition) is 1. The summed E-state index contributed by atoms with van der Waals surface area (Å²) < 4.78 is 0. The standard InChI is InChI=1S/C22H21N3/c1-22(9-10-22)21-19(12-16-3-2-4-17(13-23)24-16)18-8-7-15(14-5-6-14)11-20(18)25-21/h2-4,7-8,11,14,25H,5-6,9-10,12H2,1H3. The first-order valence-electron chi connectivity index (χ1n) is 9.17. The highest BCUT2D eigenvalue weighted by molar-refractivity contribution is 5.86. The van der Waals surface area contributed by atoms with E-state index in [2.05, 4.69) is 41.2 Å². The van der Waals surface area contributed by atoms with Crippen molar-refractivity contribution in [2.75, 3.05) is 0 Å². The normalized spacial score (nSPS) is 18.2. The third kappa shape index (κ3) is 2.53. The summed E-state index contributed by atoms with van der Waals surface area (Å²) in [6, 6.07) is 14.8. The van der Waals surface area contributed by atoms with Crippen LogP contribution in [0, 0.1) is 11.3 Å². The van der Waals surface area contributed by atoms with Crippen LogP contribution in [0.25, 0.3) is 10.9 Å². The molecule has 2 aliphatic carbocycles. The van der Waals surface area contributed by atoms with E-state index in [-0.39, 0.29) is 5.41 Å². The maximum Gasteiger partial charge on any atom is 0.140 e. The predicted molar refractivity (Wildman–Crippen MR) is 98.6 cm³/mol. The first-order valence-corrected chi connectivity index (χ1v) is 9.17. The van der Waals surface area contributed by atoms with Crippen LogP contribution < -0.4 is 0 Å². The Morgan fingerprint density at radius 1 is 1.24 bits per heavy atom. The largest absolute Gasteiger partial charge is 0.358 e. The molecule has 0 bridgehead atoms. The molecule has 1 N–H and O–H groups in total. The molecule has 5 rings (SSSR count). The number of benzene rings is 1. The van der Waals surface area contributed by atoms with Gasteiger partial charge in [0.1, 0.15) is 11.8 Å². The Bertz CT molecular complexity index is 1010. The first-order chi connectivity index (χ1) is 12.2. The van der Waals surface area contributed by atoms with E-state index in [1.165, 1.54) is 53.4 Å². The van der Waals surface area contributed by atoms with Crippen LogP contribution in [0.4, 0.5) is 0 Å². The van der Waals surface area contributed by atoms with Crippen LogP contribution in [0.5, 0.6) is 0 Å². The van der Waals surface area contributed by atoms with E-state index in [4.69, 9.17) is 5.26 Å². The third-order valence-corrected chi connectivity index (χ3v) is 5.86. The molecular formula is C22H21N3. The number of nitriles is 1. The molecule has 0 aliphatic heterocycles. The first kappa shape index (κ1) is 14.7. The van der Waals surface area contributed by atoms with Crippen LogP contribution in [0.3, 0.4) is 0 Å². The summed E-state index contributed by atoms with van der Waals surface area (Å²) in [4.78, 5) is 8.24. The lowest BCUT2D eigenvalue weighted by Crippen LogP contribution is -2.05. The summed E-state index contributed by atoms with van der Waals surface area (Å²) in [6.45, 7) is 2.35. The van der Waals surface area contributed by atoms with Gasteiger partial charge in [0.05, 0.1) is 0 Å². The molecule has 2 aromatic heterocycles. The summed E-state index contributed by atoms with van der Waals surface area (Å²) in [5.41, 5.74) is 7.21. The fraction of sp³-hybridized carbons (Fsp3) is 0.364. The van der Waals surface area contributed by atoms with Crippen molar-refractivity contribution >= 4 is 10.9 Å². The van der Waals surface area contributed by atoms with Crippen molar-refractivity contribution in [3.8, 4) is 6.07 Å². The van der Waals surface area contributed by atoms with Crippen molar-refractivity contribution in [1.82, 2.24) is 9.97 Å². The molecule has 0 spiro atoms. The minimum atomic E-state index is 0.279. The molecular weight excluding hydrogens is 306 g/mol. The Hall–Kier alpha value is -2.60. The lowest BCUT2D eigenvalue weighted by Gasteiger charge is -2.10. The number of hydrogen-bond acceptors (Lipinski definition) is 2. The van der Waals surface area contributed by atoms with Gasteiger partial charge in [0, 0.05) is 34.1 Å². The second-order valence-electron chi connectivity index (χ2n) is 7.92. The van der Waals surface area contributed by atoms with Gasteiger partial charge in [0.25, 0.3) is 0 Å². The molecule has 124 valence electrons. The van der Waals surface area contributed by atoms with Gasteiger partial charge < -0.3 is 4.98 Å². The van der Waals surface area contributed by atoms with E-state index in [1.807, 2.05) is 12.1 Å². The Morgan fingerprint density at radius 3 is 2.80 bits per heavy atom. The topological polar surface area (TPSA) is 52.5 Å². The molecule has 0 unspecified atom stereocenters. The fourth-order valence-electron chi connectivity index (χ4n) is 3.90. The lowest BCUT2D eigenvalue weighted by molar-refractivity contribution is 0.748. The van der Waals surface area contributed by atoms with E-state index in [1.54, 1.807) is 6.07 Å². The molecule has 2 saturated carbocycles. The van der Waals surface area contributed by atoms with Crippen molar-refractivity contribution in [2.45, 2.75) is 50.4 Å². The molecule has 1 aromatic carbocycles. The van der Waals surface area contributed by atoms with Gasteiger partial charge in [-0.1, -0.05) is 25.1 Å². The molecule has 0 saturated heterocycles. The van der Waals surface area contributed by atoms with Gasteiger partial charge >= 0.3 is 0 Å². The number of rotatable bonds is 4. The van der Waals surface area contributed by atoms with Gasteiger partial charge in [-0.2, -0.15) is 5.26 Å². The molecule has 2 aliphatic rings. The monoisotopic (exact) mass is 327 g/mol. The van der Waals surface area contributed by atoms with E-state index >= 15 is 0 Å². The number of nitrogens with one attached hydrogen (secondary N) is 1. The minimum Gasteiger partial charge on any atom is -0.358 e. The Kier molecular flexibility index (Phi) is 3.06. The van der Waals surface area contributed by atoms with Gasteiger partial charge in [-0.15, -0.1) is 0 Å². The number of nitrogens with zero attached hydrogens (tertiary/aromatic N) is 2. The Morgan fingerprint density at radius 2 is 2.08 bits per heavy atom. The van der Waals surface area contributed by atoms with E-state index in [0.29, 0.717) is 5.69 Å². The average Bonchev–Trinajstić information content (AvgIpc) is 3.56. The summed E-state index contributed by atoms with van der Waals surface area (Å²) in [5, 5.41) is 10.4. The molecule has 0 atom stereocenters. The molecule has 3 heteroatoms. The molecule has 2 fully saturated rings. The highest BCUT2D eigenvalue weighted by Crippen LogP contribution is 2.50. The summed E-state index contributed by atoms with van der Waals surface area (Å²) in [5.74, 6) is 0.769. The van der Waals surface area contributed by atoms with Crippen LogP contribution in [0.2, 0.25) is 0 Å². The Balaban J connectivity index is 1.63. The van der Waals surface area contributed by atoms with Crippen molar-refractivity contribution in [2.24, 2.45) is 0 Å². The summed E-state index contributed by atoms with van der Waals surface area (Å²) >= 11 is 0. The second-order valence-corrected chi connectivity index (χ2v) is 7.92. The molecule has 25 heavy (non-hydrogen) atoms. The number of H-pyrrole nitrogens is 1. The quantitative estimate of drug-likeness (QED) is 0.737. The molecule has 2 heterocycles. The zero-order chi connectivity index (χ0) is 17.0. The minimum absolute atomic E-state index is 0.279. The highest BCUT2D eigenvalue weighted by atomic mass is 14.8. The van der Waals surface area contributed by atoms with Crippen molar-refractivity contribution < 1.29 is 0 Å². The van der Waals surface area contributed by atoms with Crippen LogP contribution >= 0.6 is 0 Å². The van der Waals surface area contributed by atoms with Crippen molar-refractivity contribution in [3.05, 3.63) is 64.6 Å². The molecule has 0 radical (unpaired) electrons. The SMILES string of the molecule is CC1(c2[nH]c3cc(C4CC4)ccc3c2Cc2cccc(C#N)n2)CC1. The fourth-order valence-corrected chi connectivity index (χ4v) is 3.90. The molecule has 0 amide bonds. The number of fused-ring (bicyclic) bond motifs is 1. The zero-order valence-corrected chi connectivity index (χ0v) is 14.5. The van der Waals surface area contributed by atoms with Crippen molar-refractivity contribution in [1.29, 1.82) is 5.26 Å². The second kappa shape index (κ2) is 5.20. The third-order valence-electron chi connectivity index (χ3n) is 5.86. The van der Waals surface area contributed by atoms with E-state index in [0.717, 1.165) is 18.0 Å². The number of aromatic nitrogens is 2. The number of pyridine rings is 1. The van der Waals surface area contributed by atoms with Crippen LogP contribution in [0.1, 0.15) is 66.7 Å². The lowest BCUT2D eigenvalue weighted by atomic mass is 9.95. The zero-order valence-electron chi connectivity index (χ0n) is 14.5. The molecule has 3 aromatic rings. The Labute approximate surface area is 147 Å².